The number of likely N-dealkylation sites (tertiary alicyclic amines) is 1. The molecule has 0 spiro atoms. The minimum absolute atomic E-state index is 0.155. The predicted octanol–water partition coefficient (Wildman–Crippen LogP) is 2.85. The maximum absolute atomic E-state index is 12.8. The first kappa shape index (κ1) is 15.0. The van der Waals surface area contributed by atoms with Gasteiger partial charge in [-0.15, -0.1) is 0 Å². The van der Waals surface area contributed by atoms with Crippen LogP contribution in [0.1, 0.15) is 46.3 Å². The quantitative estimate of drug-likeness (QED) is 0.921. The number of nitrogens with zero attached hydrogens (tertiary/aromatic N) is 1. The highest BCUT2D eigenvalue weighted by Crippen LogP contribution is 2.24. The summed E-state index contributed by atoms with van der Waals surface area (Å²) in [5.41, 5.74) is 4.20. The number of carbonyl (C=O) groups excluding carboxylic acids is 1. The molecule has 3 heteroatoms. The maximum atomic E-state index is 12.8. The normalized spacial score (nSPS) is 19.2. The highest BCUT2D eigenvalue weighted by Gasteiger charge is 2.25. The molecular weight excluding hydrogens is 250 g/mol. The van der Waals surface area contributed by atoms with Gasteiger partial charge in [0.05, 0.1) is 0 Å². The molecule has 0 bridgehead atoms. The Labute approximate surface area is 121 Å². The first-order chi connectivity index (χ1) is 9.52. The van der Waals surface area contributed by atoms with Crippen molar-refractivity contribution < 1.29 is 9.90 Å². The Kier molecular flexibility index (Phi) is 4.81. The molecule has 0 radical (unpaired) electrons. The Bertz CT molecular complexity index is 471. The molecule has 1 saturated heterocycles. The molecule has 1 aliphatic rings. The van der Waals surface area contributed by atoms with E-state index in [0.29, 0.717) is 5.92 Å². The van der Waals surface area contributed by atoms with Crippen molar-refractivity contribution in [3.05, 3.63) is 34.4 Å². The van der Waals surface area contributed by atoms with E-state index in [1.165, 1.54) is 5.56 Å². The van der Waals surface area contributed by atoms with Crippen LogP contribution < -0.4 is 0 Å². The summed E-state index contributed by atoms with van der Waals surface area (Å²) >= 11 is 0. The average Bonchev–Trinajstić information content (AvgIpc) is 2.38. The summed E-state index contributed by atoms with van der Waals surface area (Å²) in [6.07, 6.45) is 2.96. The Hall–Kier alpha value is -1.35. The number of hydrogen-bond acceptors (Lipinski definition) is 2. The number of amides is 1. The lowest BCUT2D eigenvalue weighted by Crippen LogP contribution is -2.40. The molecule has 1 heterocycles. The summed E-state index contributed by atoms with van der Waals surface area (Å²) in [6.45, 7) is 7.94. The molecule has 110 valence electrons. The minimum atomic E-state index is 0.155. The van der Waals surface area contributed by atoms with E-state index in [-0.39, 0.29) is 12.5 Å². The van der Waals surface area contributed by atoms with Gasteiger partial charge in [0.15, 0.2) is 0 Å². The average molecular weight is 275 g/mol. The van der Waals surface area contributed by atoms with Crippen molar-refractivity contribution in [1.29, 1.82) is 0 Å². The summed E-state index contributed by atoms with van der Waals surface area (Å²) in [5.74, 6) is 0.603. The summed E-state index contributed by atoms with van der Waals surface area (Å²) in [7, 11) is 0. The number of carbonyl (C=O) groups is 1. The summed E-state index contributed by atoms with van der Waals surface area (Å²) < 4.78 is 0. The largest absolute Gasteiger partial charge is 0.396 e. The number of aliphatic hydroxyl groups is 1. The second kappa shape index (κ2) is 6.40. The number of aryl methyl sites for hydroxylation is 3. The van der Waals surface area contributed by atoms with Crippen molar-refractivity contribution >= 4 is 5.91 Å². The summed E-state index contributed by atoms with van der Waals surface area (Å²) in [5, 5.41) is 9.08. The molecule has 1 fully saturated rings. The Morgan fingerprint density at radius 2 is 1.95 bits per heavy atom. The minimum Gasteiger partial charge on any atom is -0.396 e. The zero-order valence-electron chi connectivity index (χ0n) is 12.8. The number of benzene rings is 1. The predicted molar refractivity (Wildman–Crippen MR) is 81.0 cm³/mol. The smallest absolute Gasteiger partial charge is 0.254 e. The molecule has 1 amide bonds. The fourth-order valence-electron chi connectivity index (χ4n) is 3.34. The van der Waals surface area contributed by atoms with Crippen LogP contribution in [0.4, 0.5) is 0 Å². The lowest BCUT2D eigenvalue weighted by Gasteiger charge is -2.33. The molecule has 1 aromatic rings. The Morgan fingerprint density at radius 1 is 1.30 bits per heavy atom. The van der Waals surface area contributed by atoms with Crippen LogP contribution in [0.15, 0.2) is 12.1 Å². The van der Waals surface area contributed by atoms with E-state index < -0.39 is 0 Å². The molecule has 0 aromatic heterocycles. The van der Waals surface area contributed by atoms with Gasteiger partial charge in [-0.2, -0.15) is 0 Å². The zero-order chi connectivity index (χ0) is 14.7. The molecule has 2 rings (SSSR count). The van der Waals surface area contributed by atoms with Gasteiger partial charge in [0, 0.05) is 25.3 Å². The van der Waals surface area contributed by atoms with Gasteiger partial charge in [-0.1, -0.05) is 17.7 Å². The van der Waals surface area contributed by atoms with Crippen LogP contribution in [-0.2, 0) is 0 Å². The lowest BCUT2D eigenvalue weighted by molar-refractivity contribution is 0.0652. The van der Waals surface area contributed by atoms with Gasteiger partial charge in [-0.25, -0.2) is 0 Å². The van der Waals surface area contributed by atoms with Gasteiger partial charge < -0.3 is 10.0 Å². The summed E-state index contributed by atoms with van der Waals surface area (Å²) in [6, 6.07) is 4.16. The number of hydrogen-bond donors (Lipinski definition) is 1. The number of rotatable bonds is 3. The highest BCUT2D eigenvalue weighted by atomic mass is 16.3. The molecule has 0 aliphatic carbocycles. The van der Waals surface area contributed by atoms with Crippen LogP contribution in [0.25, 0.3) is 0 Å². The third-order valence-corrected chi connectivity index (χ3v) is 4.23. The van der Waals surface area contributed by atoms with Crippen LogP contribution in [0, 0.1) is 26.7 Å². The van der Waals surface area contributed by atoms with Crippen LogP contribution in [0.3, 0.4) is 0 Å². The topological polar surface area (TPSA) is 40.5 Å². The first-order valence-electron chi connectivity index (χ1n) is 7.51. The van der Waals surface area contributed by atoms with Crippen LogP contribution >= 0.6 is 0 Å². The second-order valence-electron chi connectivity index (χ2n) is 6.05. The zero-order valence-corrected chi connectivity index (χ0v) is 12.8. The Balaban J connectivity index is 2.19. The third-order valence-electron chi connectivity index (χ3n) is 4.23. The second-order valence-corrected chi connectivity index (χ2v) is 6.05. The molecular formula is C17H25NO2. The van der Waals surface area contributed by atoms with Gasteiger partial charge >= 0.3 is 0 Å². The van der Waals surface area contributed by atoms with Gasteiger partial charge in [-0.3, -0.25) is 4.79 Å². The number of aliphatic hydroxyl groups excluding tert-OH is 1. The first-order valence-corrected chi connectivity index (χ1v) is 7.51. The van der Waals surface area contributed by atoms with Crippen LogP contribution in [-0.4, -0.2) is 35.6 Å². The molecule has 0 saturated carbocycles. The third kappa shape index (κ3) is 3.21. The molecule has 1 aliphatic heterocycles. The van der Waals surface area contributed by atoms with E-state index in [1.807, 2.05) is 18.7 Å². The molecule has 3 nitrogen and oxygen atoms in total. The van der Waals surface area contributed by atoms with Crippen molar-refractivity contribution in [2.75, 3.05) is 19.7 Å². The van der Waals surface area contributed by atoms with Crippen molar-refractivity contribution in [2.45, 2.75) is 40.0 Å². The van der Waals surface area contributed by atoms with Gasteiger partial charge in [0.25, 0.3) is 5.91 Å². The fourth-order valence-corrected chi connectivity index (χ4v) is 3.34. The molecule has 1 unspecified atom stereocenters. The fraction of sp³-hybridized carbons (Fsp3) is 0.588. The van der Waals surface area contributed by atoms with Crippen molar-refractivity contribution in [3.63, 3.8) is 0 Å². The van der Waals surface area contributed by atoms with Crippen LogP contribution in [0.2, 0.25) is 0 Å². The van der Waals surface area contributed by atoms with E-state index in [1.54, 1.807) is 0 Å². The van der Waals surface area contributed by atoms with E-state index in [0.717, 1.165) is 49.0 Å². The van der Waals surface area contributed by atoms with Gasteiger partial charge in [-0.05, 0) is 57.1 Å². The number of piperidine rings is 1. The molecule has 1 aromatic carbocycles. The van der Waals surface area contributed by atoms with E-state index in [9.17, 15) is 4.79 Å². The Morgan fingerprint density at radius 3 is 2.55 bits per heavy atom. The van der Waals surface area contributed by atoms with Gasteiger partial charge in [0.1, 0.15) is 0 Å². The SMILES string of the molecule is Cc1cc(C)c(C(=O)N2CCCC(CCO)C2)c(C)c1. The molecule has 1 atom stereocenters. The summed E-state index contributed by atoms with van der Waals surface area (Å²) in [4.78, 5) is 14.7. The van der Waals surface area contributed by atoms with Gasteiger partial charge in [0.2, 0.25) is 0 Å². The molecule has 1 N–H and O–H groups in total. The van der Waals surface area contributed by atoms with Crippen molar-refractivity contribution in [3.8, 4) is 0 Å². The van der Waals surface area contributed by atoms with E-state index in [4.69, 9.17) is 5.11 Å². The maximum Gasteiger partial charge on any atom is 0.254 e. The monoisotopic (exact) mass is 275 g/mol. The lowest BCUT2D eigenvalue weighted by atomic mass is 9.93. The van der Waals surface area contributed by atoms with Crippen molar-refractivity contribution in [1.82, 2.24) is 4.90 Å². The highest BCUT2D eigenvalue weighted by molar-refractivity contribution is 5.97. The van der Waals surface area contributed by atoms with E-state index >= 15 is 0 Å². The standard InChI is InChI=1S/C17H25NO2/c1-12-9-13(2)16(14(3)10-12)17(20)18-7-4-5-15(11-18)6-8-19/h9-10,15,19H,4-8,11H2,1-3H3. The van der Waals surface area contributed by atoms with Crippen LogP contribution in [0.5, 0.6) is 0 Å². The molecule has 20 heavy (non-hydrogen) atoms. The van der Waals surface area contributed by atoms with E-state index in [2.05, 4.69) is 19.1 Å². The van der Waals surface area contributed by atoms with Crippen molar-refractivity contribution in [2.24, 2.45) is 5.92 Å².